The fourth-order valence-electron chi connectivity index (χ4n) is 6.87. The summed E-state index contributed by atoms with van der Waals surface area (Å²) in [6.07, 6.45) is 4.95. The second-order valence-corrected chi connectivity index (χ2v) is 14.4. The first-order chi connectivity index (χ1) is 20.2. The molecule has 1 aliphatic carbocycles. The van der Waals surface area contributed by atoms with Crippen LogP contribution in [-0.2, 0) is 28.8 Å². The number of aliphatic carboxylic acids is 1. The number of nitrogens with zero attached hydrogens (tertiary/aromatic N) is 2. The van der Waals surface area contributed by atoms with Gasteiger partial charge in [0, 0.05) is 35.6 Å². The van der Waals surface area contributed by atoms with Gasteiger partial charge in [-0.05, 0) is 119 Å². The van der Waals surface area contributed by atoms with Gasteiger partial charge in [0.25, 0.3) is 0 Å². The first-order valence-electron chi connectivity index (χ1n) is 15.7. The monoisotopic (exact) mass is 586 g/mol. The van der Waals surface area contributed by atoms with Crippen molar-refractivity contribution in [1.82, 2.24) is 4.98 Å². The molecule has 3 aromatic rings. The minimum absolute atomic E-state index is 0.193. The fourth-order valence-corrected chi connectivity index (χ4v) is 6.87. The molecule has 1 unspecified atom stereocenters. The van der Waals surface area contributed by atoms with Gasteiger partial charge in [0.2, 0.25) is 0 Å². The summed E-state index contributed by atoms with van der Waals surface area (Å²) in [5.74, 6) is -0.663. The SMILES string of the molecule is Cc1nc(C)c([C@H](OC(C)(C)C)C(=O)O)c(N2CCC(C)(C)CC2)c1-c1ccc2c(c1)CCC(Cc1ccc(F)cc1)C2. The van der Waals surface area contributed by atoms with Crippen LogP contribution in [0.4, 0.5) is 10.1 Å². The Morgan fingerprint density at radius 3 is 2.37 bits per heavy atom. The molecule has 5 rings (SSSR count). The van der Waals surface area contributed by atoms with Gasteiger partial charge in [0.15, 0.2) is 6.10 Å². The van der Waals surface area contributed by atoms with Crippen molar-refractivity contribution in [3.8, 4) is 11.1 Å². The standard InChI is InChI=1S/C37H47FN2O3/c1-23-31(29-13-12-27-21-26(8-11-28(27)22-29)20-25-9-14-30(38)15-10-25)33(40-18-16-37(6,7)17-19-40)32(24(2)39-23)34(35(41)42)43-36(3,4)5/h9-10,12-15,22,26,34H,8,11,16-21H2,1-7H3,(H,41,42)/t26?,34-/m0/s1. The van der Waals surface area contributed by atoms with Crippen molar-refractivity contribution in [2.75, 3.05) is 18.0 Å². The topological polar surface area (TPSA) is 62.7 Å². The van der Waals surface area contributed by atoms with E-state index in [1.54, 1.807) is 12.1 Å². The Kier molecular flexibility index (Phi) is 8.72. The van der Waals surface area contributed by atoms with Gasteiger partial charge in [-0.2, -0.15) is 0 Å². The van der Waals surface area contributed by atoms with Crippen molar-refractivity contribution in [2.45, 2.75) is 98.7 Å². The minimum atomic E-state index is -1.12. The second-order valence-electron chi connectivity index (χ2n) is 14.4. The number of carbonyl (C=O) groups is 1. The van der Waals surface area contributed by atoms with Gasteiger partial charge in [-0.15, -0.1) is 0 Å². The Labute approximate surface area is 256 Å². The average molecular weight is 587 g/mol. The van der Waals surface area contributed by atoms with Crippen LogP contribution >= 0.6 is 0 Å². The molecule has 2 aliphatic rings. The van der Waals surface area contributed by atoms with E-state index in [9.17, 15) is 14.3 Å². The van der Waals surface area contributed by atoms with Crippen LogP contribution in [0, 0.1) is 31.0 Å². The number of halogens is 1. The number of pyridine rings is 1. The number of anilines is 1. The van der Waals surface area contributed by atoms with Gasteiger partial charge in [-0.25, -0.2) is 9.18 Å². The van der Waals surface area contributed by atoms with E-state index in [2.05, 4.69) is 36.9 Å². The van der Waals surface area contributed by atoms with Crippen LogP contribution in [0.3, 0.4) is 0 Å². The zero-order chi connectivity index (χ0) is 31.1. The number of hydrogen-bond donors (Lipinski definition) is 1. The highest BCUT2D eigenvalue weighted by Gasteiger charge is 2.36. The smallest absolute Gasteiger partial charge is 0.337 e. The molecular formula is C37H47FN2O3. The largest absolute Gasteiger partial charge is 0.479 e. The number of rotatable bonds is 7. The Morgan fingerprint density at radius 2 is 1.74 bits per heavy atom. The van der Waals surface area contributed by atoms with Crippen molar-refractivity contribution in [2.24, 2.45) is 11.3 Å². The molecule has 5 nitrogen and oxygen atoms in total. The summed E-state index contributed by atoms with van der Waals surface area (Å²) in [6.45, 7) is 16.0. The van der Waals surface area contributed by atoms with Crippen LogP contribution in [0.1, 0.15) is 93.6 Å². The summed E-state index contributed by atoms with van der Waals surface area (Å²) in [5, 5.41) is 10.5. The van der Waals surface area contributed by atoms with E-state index in [-0.39, 0.29) is 11.2 Å². The molecule has 1 saturated heterocycles. The first kappa shape index (κ1) is 31.2. The van der Waals surface area contributed by atoms with Crippen LogP contribution in [0.15, 0.2) is 42.5 Å². The molecule has 0 bridgehead atoms. The van der Waals surface area contributed by atoms with Crippen molar-refractivity contribution in [3.05, 3.63) is 81.9 Å². The summed E-state index contributed by atoms with van der Waals surface area (Å²) in [6, 6.07) is 13.7. The molecular weight excluding hydrogens is 539 g/mol. The molecule has 2 aromatic carbocycles. The number of fused-ring (bicyclic) bond motifs is 1. The van der Waals surface area contributed by atoms with E-state index in [0.717, 1.165) is 74.1 Å². The lowest BCUT2D eigenvalue weighted by Crippen LogP contribution is -2.39. The van der Waals surface area contributed by atoms with Crippen molar-refractivity contribution >= 4 is 11.7 Å². The molecule has 230 valence electrons. The fraction of sp³-hybridized carbons (Fsp3) is 0.514. The summed E-state index contributed by atoms with van der Waals surface area (Å²) in [4.78, 5) is 20.1. The predicted octanol–water partition coefficient (Wildman–Crippen LogP) is 8.42. The number of piperidine rings is 1. The zero-order valence-corrected chi connectivity index (χ0v) is 26.9. The van der Waals surface area contributed by atoms with Gasteiger partial charge in [-0.1, -0.05) is 44.2 Å². The molecule has 1 fully saturated rings. The van der Waals surface area contributed by atoms with Crippen molar-refractivity contribution < 1.29 is 19.0 Å². The lowest BCUT2D eigenvalue weighted by atomic mass is 9.79. The zero-order valence-electron chi connectivity index (χ0n) is 26.9. The van der Waals surface area contributed by atoms with E-state index >= 15 is 0 Å². The van der Waals surface area contributed by atoms with Crippen LogP contribution in [0.2, 0.25) is 0 Å². The summed E-state index contributed by atoms with van der Waals surface area (Å²) < 4.78 is 19.6. The normalized spacial score (nSPS) is 19.2. The molecule has 43 heavy (non-hydrogen) atoms. The molecule has 0 saturated carbocycles. The van der Waals surface area contributed by atoms with E-state index in [0.29, 0.717) is 17.2 Å². The third-order valence-corrected chi connectivity index (χ3v) is 9.23. The van der Waals surface area contributed by atoms with Crippen molar-refractivity contribution in [3.63, 3.8) is 0 Å². The molecule has 0 amide bonds. The van der Waals surface area contributed by atoms with Gasteiger partial charge < -0.3 is 14.7 Å². The summed E-state index contributed by atoms with van der Waals surface area (Å²) in [5.41, 5.74) is 8.84. The maximum atomic E-state index is 13.4. The molecule has 0 spiro atoms. The quantitative estimate of drug-likeness (QED) is 0.301. The number of aromatic nitrogens is 1. The molecule has 1 aliphatic heterocycles. The van der Waals surface area contributed by atoms with Crippen LogP contribution in [0.5, 0.6) is 0 Å². The molecule has 0 radical (unpaired) electrons. The van der Waals surface area contributed by atoms with E-state index in [1.165, 1.54) is 16.7 Å². The molecule has 6 heteroatoms. The highest BCUT2D eigenvalue weighted by molar-refractivity contribution is 5.88. The molecule has 2 heterocycles. The summed E-state index contributed by atoms with van der Waals surface area (Å²) in [7, 11) is 0. The average Bonchev–Trinajstić information content (AvgIpc) is 2.92. The third-order valence-electron chi connectivity index (χ3n) is 9.23. The van der Waals surface area contributed by atoms with Crippen LogP contribution < -0.4 is 4.90 Å². The van der Waals surface area contributed by atoms with Gasteiger partial charge in [0.05, 0.1) is 11.3 Å². The number of aryl methyl sites for hydroxylation is 3. The number of carboxylic acids is 1. The molecule has 1 aromatic heterocycles. The number of hydrogen-bond acceptors (Lipinski definition) is 4. The maximum Gasteiger partial charge on any atom is 0.337 e. The highest BCUT2D eigenvalue weighted by Crippen LogP contribution is 2.45. The van der Waals surface area contributed by atoms with E-state index in [4.69, 9.17) is 9.72 Å². The number of ether oxygens (including phenoxy) is 1. The molecule has 2 atom stereocenters. The maximum absolute atomic E-state index is 13.4. The Balaban J connectivity index is 1.56. The Bertz CT molecular complexity index is 1480. The lowest BCUT2D eigenvalue weighted by Gasteiger charge is -2.41. The number of carboxylic acid groups (broad SMARTS) is 1. The van der Waals surface area contributed by atoms with E-state index in [1.807, 2.05) is 46.8 Å². The Hall–Kier alpha value is -3.25. The Morgan fingerprint density at radius 1 is 1.07 bits per heavy atom. The van der Waals surface area contributed by atoms with E-state index < -0.39 is 17.7 Å². The minimum Gasteiger partial charge on any atom is -0.479 e. The third kappa shape index (κ3) is 7.12. The van der Waals surface area contributed by atoms with Crippen LogP contribution in [-0.4, -0.2) is 34.8 Å². The van der Waals surface area contributed by atoms with Crippen LogP contribution in [0.25, 0.3) is 11.1 Å². The predicted molar refractivity (Wildman–Crippen MR) is 171 cm³/mol. The molecule has 1 N–H and O–H groups in total. The van der Waals surface area contributed by atoms with Gasteiger partial charge in [-0.3, -0.25) is 4.98 Å². The highest BCUT2D eigenvalue weighted by atomic mass is 19.1. The lowest BCUT2D eigenvalue weighted by molar-refractivity contribution is -0.160. The van der Waals surface area contributed by atoms with Crippen molar-refractivity contribution in [1.29, 1.82) is 0 Å². The number of benzene rings is 2. The second kappa shape index (κ2) is 12.0. The first-order valence-corrected chi connectivity index (χ1v) is 15.7. The van der Waals surface area contributed by atoms with Gasteiger partial charge >= 0.3 is 5.97 Å². The van der Waals surface area contributed by atoms with Gasteiger partial charge in [0.1, 0.15) is 5.82 Å². The summed E-state index contributed by atoms with van der Waals surface area (Å²) >= 11 is 0.